The molecule has 3 rings (SSSR count). The molecule has 1 amide bonds. The lowest BCUT2D eigenvalue weighted by molar-refractivity contribution is -0.117. The smallest absolute Gasteiger partial charge is 0.326 e. The Labute approximate surface area is 144 Å². The maximum Gasteiger partial charge on any atom is 0.326 e. The fourth-order valence-electron chi connectivity index (χ4n) is 2.60. The highest BCUT2D eigenvalue weighted by atomic mass is 32.2. The van der Waals surface area contributed by atoms with Gasteiger partial charge in [-0.3, -0.25) is 9.79 Å². The molecule has 1 aromatic rings. The summed E-state index contributed by atoms with van der Waals surface area (Å²) in [6, 6.07) is 2.34. The molecule has 9 nitrogen and oxygen atoms in total. The molecular formula is C14H18FN5O4S. The number of nitrogens with one attached hydrogen (secondary N) is 3. The van der Waals surface area contributed by atoms with Crippen LogP contribution in [0.5, 0.6) is 5.75 Å². The van der Waals surface area contributed by atoms with Crippen LogP contribution in [0.25, 0.3) is 0 Å². The van der Waals surface area contributed by atoms with Crippen LogP contribution >= 0.6 is 0 Å². The van der Waals surface area contributed by atoms with Crippen molar-refractivity contribution in [1.82, 2.24) is 15.4 Å². The predicted octanol–water partition coefficient (Wildman–Crippen LogP) is -0.460. The second-order valence-electron chi connectivity index (χ2n) is 6.51. The summed E-state index contributed by atoms with van der Waals surface area (Å²) < 4.78 is 40.2. The zero-order chi connectivity index (χ0) is 18.4. The van der Waals surface area contributed by atoms with Crippen molar-refractivity contribution in [1.29, 1.82) is 0 Å². The molecule has 2 heterocycles. The maximum absolute atomic E-state index is 14.4. The minimum atomic E-state index is -4.20. The van der Waals surface area contributed by atoms with E-state index in [1.54, 1.807) is 4.72 Å². The van der Waals surface area contributed by atoms with Crippen molar-refractivity contribution in [3.8, 4) is 5.75 Å². The molecule has 1 saturated heterocycles. The highest BCUT2D eigenvalue weighted by Gasteiger charge is 2.37. The SMILES string of the molecule is CC1(C)CN=C(NCc2cc(O)c(N3CC(=O)NS3(=O)=O)c(F)c2)N1. The first kappa shape index (κ1) is 17.3. The number of amides is 1. The molecule has 136 valence electrons. The first-order valence-corrected chi connectivity index (χ1v) is 8.93. The average Bonchev–Trinajstić information content (AvgIpc) is 2.94. The van der Waals surface area contributed by atoms with Crippen LogP contribution in [0.15, 0.2) is 17.1 Å². The molecule has 0 saturated carbocycles. The number of aromatic hydroxyl groups is 1. The van der Waals surface area contributed by atoms with Crippen molar-refractivity contribution in [2.45, 2.75) is 25.9 Å². The van der Waals surface area contributed by atoms with Crippen LogP contribution in [0.4, 0.5) is 10.1 Å². The molecule has 11 heteroatoms. The number of phenols is 1. The van der Waals surface area contributed by atoms with Gasteiger partial charge in [-0.2, -0.15) is 8.42 Å². The molecule has 4 N–H and O–H groups in total. The summed E-state index contributed by atoms with van der Waals surface area (Å²) in [5, 5.41) is 16.2. The van der Waals surface area contributed by atoms with E-state index in [4.69, 9.17) is 0 Å². The molecule has 0 bridgehead atoms. The van der Waals surface area contributed by atoms with Gasteiger partial charge < -0.3 is 15.7 Å². The van der Waals surface area contributed by atoms with E-state index < -0.39 is 39.9 Å². The van der Waals surface area contributed by atoms with Crippen LogP contribution in [0.1, 0.15) is 19.4 Å². The lowest BCUT2D eigenvalue weighted by atomic mass is 10.1. The lowest BCUT2D eigenvalue weighted by Gasteiger charge is -2.19. The van der Waals surface area contributed by atoms with Crippen LogP contribution < -0.4 is 19.7 Å². The van der Waals surface area contributed by atoms with Gasteiger partial charge in [0.25, 0.3) is 5.91 Å². The van der Waals surface area contributed by atoms with Crippen molar-refractivity contribution >= 4 is 27.8 Å². The Bertz CT molecular complexity index is 845. The van der Waals surface area contributed by atoms with Crippen LogP contribution in [-0.2, 0) is 21.5 Å². The molecule has 0 spiro atoms. The van der Waals surface area contributed by atoms with E-state index in [2.05, 4.69) is 15.6 Å². The number of aliphatic imine (C=N–C) groups is 1. The summed E-state index contributed by atoms with van der Waals surface area (Å²) in [4.78, 5) is 15.5. The number of guanidine groups is 1. The van der Waals surface area contributed by atoms with Gasteiger partial charge >= 0.3 is 10.2 Å². The van der Waals surface area contributed by atoms with Gasteiger partial charge in [0.1, 0.15) is 18.0 Å². The van der Waals surface area contributed by atoms with E-state index in [1.165, 1.54) is 6.07 Å². The van der Waals surface area contributed by atoms with Gasteiger partial charge in [-0.05, 0) is 31.5 Å². The predicted molar refractivity (Wildman–Crippen MR) is 88.8 cm³/mol. The lowest BCUT2D eigenvalue weighted by Crippen LogP contribution is -2.44. The Hall–Kier alpha value is -2.56. The standard InChI is InChI=1S/C14H18FN5O4S/c1-14(2)7-17-13(18-14)16-5-8-3-9(15)12(10(21)4-8)20-6-11(22)19-25(20,23)24/h3-4,21H,5-7H2,1-2H3,(H,19,22)(H2,16,17,18). The van der Waals surface area contributed by atoms with Crippen molar-refractivity contribution in [3.63, 3.8) is 0 Å². The number of phenolic OH excluding ortho intramolecular Hbond substituents is 1. The molecule has 0 atom stereocenters. The third-order valence-corrected chi connectivity index (χ3v) is 5.10. The zero-order valence-electron chi connectivity index (χ0n) is 13.6. The van der Waals surface area contributed by atoms with E-state index in [1.807, 2.05) is 13.8 Å². The van der Waals surface area contributed by atoms with Crippen molar-refractivity contribution in [2.24, 2.45) is 4.99 Å². The van der Waals surface area contributed by atoms with E-state index in [-0.39, 0.29) is 12.1 Å². The summed E-state index contributed by atoms with van der Waals surface area (Å²) in [6.45, 7) is 4.16. The van der Waals surface area contributed by atoms with Crippen LogP contribution in [0.2, 0.25) is 0 Å². The topological polar surface area (TPSA) is 123 Å². The largest absolute Gasteiger partial charge is 0.506 e. The number of rotatable bonds is 3. The van der Waals surface area contributed by atoms with Crippen LogP contribution in [0.3, 0.4) is 0 Å². The minimum Gasteiger partial charge on any atom is -0.506 e. The Kier molecular flexibility index (Phi) is 3.98. The molecule has 2 aliphatic heterocycles. The van der Waals surface area contributed by atoms with E-state index in [0.29, 0.717) is 22.4 Å². The Morgan fingerprint density at radius 3 is 2.68 bits per heavy atom. The van der Waals surface area contributed by atoms with Crippen molar-refractivity contribution in [3.05, 3.63) is 23.5 Å². The third-order valence-electron chi connectivity index (χ3n) is 3.72. The first-order chi connectivity index (χ1) is 11.6. The van der Waals surface area contributed by atoms with Gasteiger partial charge in [0, 0.05) is 6.54 Å². The summed E-state index contributed by atoms with van der Waals surface area (Å²) in [7, 11) is -4.20. The number of hydrogen-bond acceptors (Lipinski definition) is 7. The normalized spacial score (nSPS) is 20.8. The molecule has 0 unspecified atom stereocenters. The summed E-state index contributed by atoms with van der Waals surface area (Å²) in [5.74, 6) is -1.75. The molecule has 0 aromatic heterocycles. The van der Waals surface area contributed by atoms with Gasteiger partial charge in [0.15, 0.2) is 11.8 Å². The van der Waals surface area contributed by atoms with Gasteiger partial charge in [0.05, 0.1) is 12.1 Å². The fourth-order valence-corrected chi connectivity index (χ4v) is 3.77. The van der Waals surface area contributed by atoms with Gasteiger partial charge in [-0.1, -0.05) is 0 Å². The monoisotopic (exact) mass is 371 g/mol. The molecule has 0 radical (unpaired) electrons. The van der Waals surface area contributed by atoms with Crippen molar-refractivity contribution in [2.75, 3.05) is 17.4 Å². The molecule has 2 aliphatic rings. The average molecular weight is 371 g/mol. The summed E-state index contributed by atoms with van der Waals surface area (Å²) in [6.07, 6.45) is 0. The zero-order valence-corrected chi connectivity index (χ0v) is 14.4. The van der Waals surface area contributed by atoms with E-state index in [9.17, 15) is 22.7 Å². The van der Waals surface area contributed by atoms with E-state index >= 15 is 0 Å². The molecule has 25 heavy (non-hydrogen) atoms. The Morgan fingerprint density at radius 1 is 1.44 bits per heavy atom. The molecule has 1 aromatic carbocycles. The maximum atomic E-state index is 14.4. The summed E-state index contributed by atoms with van der Waals surface area (Å²) in [5.41, 5.74) is -0.327. The highest BCUT2D eigenvalue weighted by molar-refractivity contribution is 7.92. The number of nitrogens with zero attached hydrogens (tertiary/aromatic N) is 2. The number of benzene rings is 1. The van der Waals surface area contributed by atoms with Crippen LogP contribution in [-0.4, -0.2) is 44.0 Å². The molecular weight excluding hydrogens is 353 g/mol. The highest BCUT2D eigenvalue weighted by Crippen LogP contribution is 2.34. The number of carbonyl (C=O) groups excluding carboxylic acids is 1. The second-order valence-corrected chi connectivity index (χ2v) is 8.10. The van der Waals surface area contributed by atoms with Gasteiger partial charge in [0.2, 0.25) is 0 Å². The van der Waals surface area contributed by atoms with Crippen LogP contribution in [0, 0.1) is 5.82 Å². The number of carbonyl (C=O) groups is 1. The fraction of sp³-hybridized carbons (Fsp3) is 0.429. The van der Waals surface area contributed by atoms with Crippen molar-refractivity contribution < 1.29 is 22.7 Å². The quantitative estimate of drug-likeness (QED) is 0.570. The Balaban J connectivity index is 1.78. The number of halogens is 1. The minimum absolute atomic E-state index is 0.163. The number of hydrogen-bond donors (Lipinski definition) is 4. The Morgan fingerprint density at radius 2 is 2.16 bits per heavy atom. The molecule has 1 fully saturated rings. The van der Waals surface area contributed by atoms with Gasteiger partial charge in [-0.25, -0.2) is 13.4 Å². The number of anilines is 1. The van der Waals surface area contributed by atoms with E-state index in [0.717, 1.165) is 6.07 Å². The third kappa shape index (κ3) is 3.45. The van der Waals surface area contributed by atoms with Gasteiger partial charge in [-0.15, -0.1) is 0 Å². The molecule has 0 aliphatic carbocycles. The first-order valence-electron chi connectivity index (χ1n) is 7.49. The summed E-state index contributed by atoms with van der Waals surface area (Å²) >= 11 is 0. The second kappa shape index (κ2) is 5.76.